The molecule has 1 aliphatic heterocycles. The first kappa shape index (κ1) is 26.7. The molecule has 0 spiro atoms. The topological polar surface area (TPSA) is 50.8 Å². The summed E-state index contributed by atoms with van der Waals surface area (Å²) in [5.74, 6) is 0.623. The van der Waals surface area contributed by atoms with E-state index in [-0.39, 0.29) is 23.5 Å². The van der Waals surface area contributed by atoms with Gasteiger partial charge in [0.2, 0.25) is 0 Å². The third-order valence-electron chi connectivity index (χ3n) is 6.96. The Hall–Kier alpha value is -3.38. The number of carbonyl (C=O) groups is 1. The average Bonchev–Trinajstić information content (AvgIpc) is 3.30. The van der Waals surface area contributed by atoms with E-state index in [0.717, 1.165) is 29.7 Å². The number of hydrogen-bond donors (Lipinski definition) is 1. The minimum atomic E-state index is -0.769. The first-order valence-electron chi connectivity index (χ1n) is 12.9. The number of likely N-dealkylation sites (tertiary alicyclic amines) is 1. The Kier molecular flexibility index (Phi) is 8.18. The van der Waals surface area contributed by atoms with Crippen molar-refractivity contribution in [3.05, 3.63) is 95.3 Å². The van der Waals surface area contributed by atoms with Gasteiger partial charge in [-0.15, -0.1) is 0 Å². The second-order valence-electron chi connectivity index (χ2n) is 10.6. The van der Waals surface area contributed by atoms with Crippen molar-refractivity contribution in [2.75, 3.05) is 7.11 Å². The fourth-order valence-corrected chi connectivity index (χ4v) is 4.94. The van der Waals surface area contributed by atoms with Gasteiger partial charge >= 0.3 is 0 Å². The molecular formula is C31H37FN2O3. The highest BCUT2D eigenvalue weighted by molar-refractivity contribution is 5.82. The second-order valence-corrected chi connectivity index (χ2v) is 10.6. The van der Waals surface area contributed by atoms with Gasteiger partial charge in [-0.2, -0.15) is 0 Å². The highest BCUT2D eigenvalue weighted by Crippen LogP contribution is 2.37. The van der Waals surface area contributed by atoms with Crippen molar-refractivity contribution in [3.63, 3.8) is 0 Å². The number of nitrogens with zero attached hydrogens (tertiary/aromatic N) is 1. The Bertz CT molecular complexity index is 1210. The molecule has 3 atom stereocenters. The lowest BCUT2D eigenvalue weighted by Crippen LogP contribution is -2.49. The van der Waals surface area contributed by atoms with Crippen molar-refractivity contribution in [3.8, 4) is 11.5 Å². The number of halogens is 1. The van der Waals surface area contributed by atoms with Gasteiger partial charge in [0.25, 0.3) is 5.91 Å². The van der Waals surface area contributed by atoms with Crippen LogP contribution in [-0.4, -0.2) is 30.2 Å². The number of rotatable bonds is 8. The van der Waals surface area contributed by atoms with Crippen LogP contribution < -0.4 is 14.8 Å². The van der Waals surface area contributed by atoms with E-state index in [1.165, 1.54) is 17.7 Å². The minimum absolute atomic E-state index is 0.0124. The monoisotopic (exact) mass is 504 g/mol. The molecular weight excluding hydrogens is 467 g/mol. The molecule has 0 bridgehead atoms. The minimum Gasteiger partial charge on any atom is -0.496 e. The summed E-state index contributed by atoms with van der Waals surface area (Å²) in [4.78, 5) is 15.7. The van der Waals surface area contributed by atoms with E-state index >= 15 is 0 Å². The molecule has 1 N–H and O–H groups in total. The summed E-state index contributed by atoms with van der Waals surface area (Å²) in [6, 6.07) is 22.2. The van der Waals surface area contributed by atoms with Crippen molar-refractivity contribution in [1.29, 1.82) is 0 Å². The van der Waals surface area contributed by atoms with E-state index in [2.05, 4.69) is 50.4 Å². The molecule has 0 aromatic heterocycles. The van der Waals surface area contributed by atoms with E-state index in [9.17, 15) is 9.18 Å². The van der Waals surface area contributed by atoms with E-state index in [4.69, 9.17) is 9.47 Å². The fourth-order valence-electron chi connectivity index (χ4n) is 4.94. The van der Waals surface area contributed by atoms with Crippen LogP contribution in [0.1, 0.15) is 63.3 Å². The normalized spacial score (nSPS) is 18.5. The summed E-state index contributed by atoms with van der Waals surface area (Å²) in [5.41, 5.74) is 3.38. The van der Waals surface area contributed by atoms with Gasteiger partial charge in [-0.1, -0.05) is 69.3 Å². The molecule has 1 heterocycles. The van der Waals surface area contributed by atoms with Gasteiger partial charge in [-0.25, -0.2) is 4.39 Å². The molecule has 1 aliphatic rings. The maximum Gasteiger partial charge on any atom is 0.265 e. The fraction of sp³-hybridized carbons (Fsp3) is 0.387. The van der Waals surface area contributed by atoms with Gasteiger partial charge in [-0.05, 0) is 54.5 Å². The Morgan fingerprint density at radius 1 is 1.05 bits per heavy atom. The van der Waals surface area contributed by atoms with Gasteiger partial charge in [0, 0.05) is 18.2 Å². The summed E-state index contributed by atoms with van der Waals surface area (Å²) in [6.45, 7) is 8.85. The third-order valence-corrected chi connectivity index (χ3v) is 6.96. The molecule has 1 saturated heterocycles. The third kappa shape index (κ3) is 6.31. The Morgan fingerprint density at radius 2 is 1.81 bits per heavy atom. The smallest absolute Gasteiger partial charge is 0.265 e. The van der Waals surface area contributed by atoms with E-state index in [1.54, 1.807) is 26.2 Å². The lowest BCUT2D eigenvalue weighted by atomic mass is 9.86. The number of ether oxygens (including phenoxy) is 2. The van der Waals surface area contributed by atoms with E-state index < -0.39 is 11.9 Å². The highest BCUT2D eigenvalue weighted by Gasteiger charge is 2.40. The molecule has 37 heavy (non-hydrogen) atoms. The Morgan fingerprint density at radius 3 is 2.49 bits per heavy atom. The molecule has 1 fully saturated rings. The SMILES string of the molecule is COc1ccc(C(C)(C)C)cc1CNC1CCC(c2ccccc2)N1C(=O)C(C)Oc1cccc(F)c1. The van der Waals surface area contributed by atoms with Crippen molar-refractivity contribution < 1.29 is 18.7 Å². The molecule has 0 radical (unpaired) electrons. The maximum absolute atomic E-state index is 13.8. The molecule has 6 heteroatoms. The van der Waals surface area contributed by atoms with Crippen LogP contribution in [0.3, 0.4) is 0 Å². The standard InChI is InChI=1S/C31H37FN2O3/c1-21(37-26-13-9-12-25(32)19-26)30(35)34-27(22-10-7-6-8-11-22)15-17-29(34)33-20-23-18-24(31(2,3)4)14-16-28(23)36-5/h6-14,16,18-19,21,27,29,33H,15,17,20H2,1-5H3. The lowest BCUT2D eigenvalue weighted by Gasteiger charge is -2.33. The molecule has 3 aromatic carbocycles. The number of benzene rings is 3. The zero-order valence-electron chi connectivity index (χ0n) is 22.3. The molecule has 1 amide bonds. The molecule has 5 nitrogen and oxygen atoms in total. The lowest BCUT2D eigenvalue weighted by molar-refractivity contribution is -0.141. The first-order chi connectivity index (χ1) is 17.7. The largest absolute Gasteiger partial charge is 0.496 e. The maximum atomic E-state index is 13.8. The van der Waals surface area contributed by atoms with Gasteiger partial charge in [0.05, 0.1) is 19.3 Å². The van der Waals surface area contributed by atoms with E-state index in [0.29, 0.717) is 12.3 Å². The van der Waals surface area contributed by atoms with Crippen LogP contribution in [0.2, 0.25) is 0 Å². The highest BCUT2D eigenvalue weighted by atomic mass is 19.1. The summed E-state index contributed by atoms with van der Waals surface area (Å²) in [7, 11) is 1.68. The zero-order chi connectivity index (χ0) is 26.6. The Balaban J connectivity index is 1.57. The molecule has 0 aliphatic carbocycles. The number of hydrogen-bond acceptors (Lipinski definition) is 4. The number of methoxy groups -OCH3 is 1. The second kappa shape index (κ2) is 11.3. The van der Waals surface area contributed by atoms with Crippen LogP contribution in [0.5, 0.6) is 11.5 Å². The Labute approximate surface area is 219 Å². The van der Waals surface area contributed by atoms with Crippen LogP contribution in [0.15, 0.2) is 72.8 Å². The summed E-state index contributed by atoms with van der Waals surface area (Å²) < 4.78 is 25.2. The average molecular weight is 505 g/mol. The summed E-state index contributed by atoms with van der Waals surface area (Å²) in [6.07, 6.45) is 0.687. The molecule has 0 saturated carbocycles. The van der Waals surface area contributed by atoms with Crippen LogP contribution in [0.4, 0.5) is 4.39 Å². The van der Waals surface area contributed by atoms with Gasteiger partial charge in [0.1, 0.15) is 17.3 Å². The predicted octanol–water partition coefficient (Wildman–Crippen LogP) is 6.38. The van der Waals surface area contributed by atoms with Gasteiger partial charge in [0.15, 0.2) is 6.10 Å². The summed E-state index contributed by atoms with van der Waals surface area (Å²) in [5, 5.41) is 3.62. The van der Waals surface area contributed by atoms with Crippen molar-refractivity contribution in [2.24, 2.45) is 0 Å². The quantitative estimate of drug-likeness (QED) is 0.387. The van der Waals surface area contributed by atoms with E-state index in [1.807, 2.05) is 29.2 Å². The predicted molar refractivity (Wildman–Crippen MR) is 144 cm³/mol. The molecule has 196 valence electrons. The number of nitrogens with one attached hydrogen (secondary N) is 1. The van der Waals surface area contributed by atoms with Gasteiger partial charge in [-0.3, -0.25) is 10.1 Å². The van der Waals surface area contributed by atoms with Crippen molar-refractivity contribution in [2.45, 2.75) is 70.8 Å². The zero-order valence-corrected chi connectivity index (χ0v) is 22.3. The van der Waals surface area contributed by atoms with Crippen LogP contribution in [0.25, 0.3) is 0 Å². The van der Waals surface area contributed by atoms with Crippen molar-refractivity contribution >= 4 is 5.91 Å². The molecule has 3 unspecified atom stereocenters. The molecule has 4 rings (SSSR count). The van der Waals surface area contributed by atoms with Gasteiger partial charge < -0.3 is 14.4 Å². The van der Waals surface area contributed by atoms with Crippen molar-refractivity contribution in [1.82, 2.24) is 10.2 Å². The number of amides is 1. The first-order valence-corrected chi connectivity index (χ1v) is 12.9. The van der Waals surface area contributed by atoms with Crippen LogP contribution in [-0.2, 0) is 16.8 Å². The van der Waals surface area contributed by atoms with Crippen LogP contribution >= 0.6 is 0 Å². The summed E-state index contributed by atoms with van der Waals surface area (Å²) >= 11 is 0. The number of carbonyl (C=O) groups excluding carboxylic acids is 1. The van der Waals surface area contributed by atoms with Crippen LogP contribution in [0, 0.1) is 5.82 Å². The molecule has 3 aromatic rings.